The predicted octanol–water partition coefficient (Wildman–Crippen LogP) is 3.45. The molecule has 0 aliphatic carbocycles. The fourth-order valence-corrected chi connectivity index (χ4v) is 2.65. The molecule has 1 aromatic carbocycles. The van der Waals surface area contributed by atoms with E-state index in [1.807, 2.05) is 0 Å². The normalized spacial score (nSPS) is 11.7. The van der Waals surface area contributed by atoms with Crippen LogP contribution in [-0.4, -0.2) is 23.8 Å². The van der Waals surface area contributed by atoms with Crippen LogP contribution in [0.4, 0.5) is 13.2 Å². The second kappa shape index (κ2) is 6.04. The lowest BCUT2D eigenvalue weighted by Crippen LogP contribution is -2.21. The quantitative estimate of drug-likeness (QED) is 0.691. The molecule has 0 radical (unpaired) electrons. The number of carbonyl (C=O) groups excluding carboxylic acids is 1. The molecule has 0 saturated heterocycles. The molecule has 0 aliphatic rings. The summed E-state index contributed by atoms with van der Waals surface area (Å²) in [6, 6.07) is 3.26. The van der Waals surface area contributed by atoms with Crippen LogP contribution in [0, 0.1) is 0 Å². The second-order valence-electron chi connectivity index (χ2n) is 4.31. The smallest absolute Gasteiger partial charge is 0.418 e. The third-order valence-corrected chi connectivity index (χ3v) is 3.71. The first-order chi connectivity index (χ1) is 10.3. The van der Waals surface area contributed by atoms with E-state index < -0.39 is 23.1 Å². The Morgan fingerprint density at radius 1 is 1.36 bits per heavy atom. The summed E-state index contributed by atoms with van der Waals surface area (Å²) in [5.74, 6) is -0.854. The number of rotatable bonds is 3. The van der Waals surface area contributed by atoms with Gasteiger partial charge >= 0.3 is 12.1 Å². The standard InChI is InChI=1S/C14H12F3NO3S/c1-3-21-13(20)9-11(19)7-5-4-6-8(14(15,16)17)10(7)18-12(9)22-2/h4-6H,3H2,1-2H3,(H,18,19). The maximum absolute atomic E-state index is 13.0. The summed E-state index contributed by atoms with van der Waals surface area (Å²) < 4.78 is 43.9. The van der Waals surface area contributed by atoms with E-state index in [-0.39, 0.29) is 28.1 Å². The van der Waals surface area contributed by atoms with Gasteiger partial charge in [-0.1, -0.05) is 6.07 Å². The van der Waals surface area contributed by atoms with Crippen molar-refractivity contribution in [2.45, 2.75) is 18.1 Å². The van der Waals surface area contributed by atoms with Gasteiger partial charge in [0.1, 0.15) is 5.56 Å². The zero-order chi connectivity index (χ0) is 16.5. The summed E-state index contributed by atoms with van der Waals surface area (Å²) >= 11 is 0.974. The van der Waals surface area contributed by atoms with Gasteiger partial charge in [0.15, 0.2) is 0 Å². The SMILES string of the molecule is CCOC(=O)c1c(SC)[nH]c2c(C(F)(F)F)cccc2c1=O. The third kappa shape index (κ3) is 2.83. The van der Waals surface area contributed by atoms with Gasteiger partial charge in [-0.05, 0) is 25.3 Å². The van der Waals surface area contributed by atoms with E-state index in [4.69, 9.17) is 4.74 Å². The minimum atomic E-state index is -4.61. The molecule has 1 heterocycles. The van der Waals surface area contributed by atoms with Crippen molar-refractivity contribution in [3.8, 4) is 0 Å². The van der Waals surface area contributed by atoms with E-state index >= 15 is 0 Å². The first-order valence-corrected chi connectivity index (χ1v) is 7.51. The summed E-state index contributed by atoms with van der Waals surface area (Å²) in [5.41, 5.74) is -2.34. The number of aromatic nitrogens is 1. The molecule has 0 bridgehead atoms. The molecule has 2 rings (SSSR count). The molecule has 1 aromatic heterocycles. The van der Waals surface area contributed by atoms with E-state index in [1.54, 1.807) is 13.2 Å². The van der Waals surface area contributed by atoms with Gasteiger partial charge in [0.05, 0.1) is 22.7 Å². The largest absolute Gasteiger partial charge is 0.462 e. The highest BCUT2D eigenvalue weighted by atomic mass is 32.2. The van der Waals surface area contributed by atoms with Gasteiger partial charge in [0.25, 0.3) is 0 Å². The third-order valence-electron chi connectivity index (χ3n) is 2.99. The molecule has 0 saturated carbocycles. The molecule has 22 heavy (non-hydrogen) atoms. The van der Waals surface area contributed by atoms with Crippen LogP contribution in [0.3, 0.4) is 0 Å². The van der Waals surface area contributed by atoms with E-state index in [2.05, 4.69) is 4.98 Å². The summed E-state index contributed by atoms with van der Waals surface area (Å²) in [4.78, 5) is 26.8. The van der Waals surface area contributed by atoms with E-state index in [9.17, 15) is 22.8 Å². The number of H-pyrrole nitrogens is 1. The zero-order valence-corrected chi connectivity index (χ0v) is 12.5. The van der Waals surface area contributed by atoms with E-state index in [0.29, 0.717) is 0 Å². The zero-order valence-electron chi connectivity index (χ0n) is 11.7. The number of alkyl halides is 3. The minimum absolute atomic E-state index is 0.0487. The topological polar surface area (TPSA) is 59.2 Å². The number of aromatic amines is 1. The molecule has 0 spiro atoms. The minimum Gasteiger partial charge on any atom is -0.462 e. The number of benzene rings is 1. The molecule has 4 nitrogen and oxygen atoms in total. The summed E-state index contributed by atoms with van der Waals surface area (Å²) in [7, 11) is 0. The van der Waals surface area contributed by atoms with E-state index in [1.165, 1.54) is 6.07 Å². The van der Waals surface area contributed by atoms with Crippen LogP contribution >= 0.6 is 11.8 Å². The maximum atomic E-state index is 13.0. The number of halogens is 3. The van der Waals surface area contributed by atoms with Gasteiger partial charge in [-0.3, -0.25) is 4.79 Å². The maximum Gasteiger partial charge on any atom is 0.418 e. The number of thioether (sulfide) groups is 1. The Labute approximate surface area is 127 Å². The fraction of sp³-hybridized carbons (Fsp3) is 0.286. The van der Waals surface area contributed by atoms with Gasteiger partial charge in [0.2, 0.25) is 5.43 Å². The van der Waals surface area contributed by atoms with Gasteiger partial charge in [-0.2, -0.15) is 13.2 Å². The number of esters is 1. The van der Waals surface area contributed by atoms with Crippen molar-refractivity contribution in [3.63, 3.8) is 0 Å². The van der Waals surface area contributed by atoms with Crippen molar-refractivity contribution in [3.05, 3.63) is 39.5 Å². The Balaban J connectivity index is 2.85. The fourth-order valence-electron chi connectivity index (χ4n) is 2.07. The average molecular weight is 331 g/mol. The number of pyridine rings is 1. The molecule has 2 aromatic rings. The number of hydrogen-bond donors (Lipinski definition) is 1. The van der Waals surface area contributed by atoms with Gasteiger partial charge < -0.3 is 9.72 Å². The highest BCUT2D eigenvalue weighted by molar-refractivity contribution is 7.98. The van der Waals surface area contributed by atoms with Gasteiger partial charge in [-0.25, -0.2) is 4.79 Å². The van der Waals surface area contributed by atoms with Crippen LogP contribution in [-0.2, 0) is 10.9 Å². The van der Waals surface area contributed by atoms with Crippen molar-refractivity contribution in [1.82, 2.24) is 4.98 Å². The highest BCUT2D eigenvalue weighted by Crippen LogP contribution is 2.34. The van der Waals surface area contributed by atoms with Crippen molar-refractivity contribution in [2.24, 2.45) is 0 Å². The molecular formula is C14H12F3NO3S. The number of carbonyl (C=O) groups is 1. The van der Waals surface area contributed by atoms with Crippen molar-refractivity contribution >= 4 is 28.6 Å². The number of nitrogens with one attached hydrogen (secondary N) is 1. The summed E-state index contributed by atoms with van der Waals surface area (Å²) in [5, 5.41) is -0.150. The second-order valence-corrected chi connectivity index (χ2v) is 5.13. The molecule has 118 valence electrons. The van der Waals surface area contributed by atoms with Crippen LogP contribution in [0.5, 0.6) is 0 Å². The Morgan fingerprint density at radius 3 is 2.59 bits per heavy atom. The highest BCUT2D eigenvalue weighted by Gasteiger charge is 2.34. The number of fused-ring (bicyclic) bond motifs is 1. The molecule has 0 fully saturated rings. The molecule has 1 N–H and O–H groups in total. The number of para-hydroxylation sites is 1. The van der Waals surface area contributed by atoms with Crippen LogP contribution in [0.25, 0.3) is 10.9 Å². The van der Waals surface area contributed by atoms with Crippen LogP contribution in [0.2, 0.25) is 0 Å². The predicted molar refractivity (Wildman–Crippen MR) is 77.3 cm³/mol. The number of ether oxygens (including phenoxy) is 1. The van der Waals surface area contributed by atoms with E-state index in [0.717, 1.165) is 23.9 Å². The van der Waals surface area contributed by atoms with Crippen molar-refractivity contribution in [1.29, 1.82) is 0 Å². The summed E-state index contributed by atoms with van der Waals surface area (Å²) in [6.45, 7) is 1.64. The molecule has 0 atom stereocenters. The van der Waals surface area contributed by atoms with Gasteiger partial charge in [-0.15, -0.1) is 11.8 Å². The number of hydrogen-bond acceptors (Lipinski definition) is 4. The molecule has 0 aliphatic heterocycles. The molecule has 8 heteroatoms. The van der Waals surface area contributed by atoms with Crippen molar-refractivity contribution in [2.75, 3.05) is 12.9 Å². The van der Waals surface area contributed by atoms with Gasteiger partial charge in [0, 0.05) is 5.39 Å². The summed E-state index contributed by atoms with van der Waals surface area (Å²) in [6.07, 6.45) is -3.06. The average Bonchev–Trinajstić information content (AvgIpc) is 2.45. The molecule has 0 amide bonds. The van der Waals surface area contributed by atoms with Crippen LogP contribution < -0.4 is 5.43 Å². The molecule has 0 unspecified atom stereocenters. The van der Waals surface area contributed by atoms with Crippen molar-refractivity contribution < 1.29 is 22.7 Å². The lowest BCUT2D eigenvalue weighted by Gasteiger charge is -2.13. The first kappa shape index (κ1) is 16.4. The Hall–Kier alpha value is -1.96. The lowest BCUT2D eigenvalue weighted by atomic mass is 10.1. The van der Waals surface area contributed by atoms with Crippen LogP contribution in [0.1, 0.15) is 22.8 Å². The Morgan fingerprint density at radius 2 is 2.05 bits per heavy atom. The molecular weight excluding hydrogens is 319 g/mol. The lowest BCUT2D eigenvalue weighted by molar-refractivity contribution is -0.136. The Kier molecular flexibility index (Phi) is 4.50. The first-order valence-electron chi connectivity index (χ1n) is 6.28. The van der Waals surface area contributed by atoms with Crippen LogP contribution in [0.15, 0.2) is 28.0 Å². The Bertz CT molecular complexity index is 783. The monoisotopic (exact) mass is 331 g/mol.